The third-order valence-electron chi connectivity index (χ3n) is 4.08. The summed E-state index contributed by atoms with van der Waals surface area (Å²) < 4.78 is 16.7. The fourth-order valence-corrected chi connectivity index (χ4v) is 3.16. The van der Waals surface area contributed by atoms with Gasteiger partial charge in [0.15, 0.2) is 11.5 Å². The number of anilines is 1. The van der Waals surface area contributed by atoms with Crippen molar-refractivity contribution in [2.75, 3.05) is 26.1 Å². The van der Waals surface area contributed by atoms with Crippen LogP contribution in [0.4, 0.5) is 5.69 Å². The van der Waals surface area contributed by atoms with Crippen LogP contribution in [0, 0.1) is 21.8 Å². The predicted octanol–water partition coefficient (Wildman–Crippen LogP) is 3.05. The van der Waals surface area contributed by atoms with Gasteiger partial charge in [-0.25, -0.2) is 5.43 Å². The Labute approximate surface area is 194 Å². The Morgan fingerprint density at radius 2 is 1.90 bits per heavy atom. The molecule has 0 fully saturated rings. The molecular formula is C22H22IN3O5. The van der Waals surface area contributed by atoms with Crippen LogP contribution in [0.2, 0.25) is 0 Å². The summed E-state index contributed by atoms with van der Waals surface area (Å²) in [4.78, 5) is 24.6. The largest absolute Gasteiger partial charge is 0.497 e. The molecule has 8 nitrogen and oxygen atoms in total. The lowest BCUT2D eigenvalue weighted by Crippen LogP contribution is -2.34. The maximum atomic E-state index is 12.3. The van der Waals surface area contributed by atoms with Gasteiger partial charge in [0.05, 0.1) is 24.0 Å². The highest BCUT2D eigenvalue weighted by Crippen LogP contribution is 2.33. The fraction of sp³-hybridized carbons (Fsp3) is 0.227. The maximum absolute atomic E-state index is 12.3. The van der Waals surface area contributed by atoms with Crippen molar-refractivity contribution in [1.29, 1.82) is 0 Å². The first-order valence-electron chi connectivity index (χ1n) is 9.11. The summed E-state index contributed by atoms with van der Waals surface area (Å²) in [7, 11) is 3.07. The van der Waals surface area contributed by atoms with Gasteiger partial charge in [-0.15, -0.1) is 6.42 Å². The Balaban J connectivity index is 1.98. The first-order chi connectivity index (χ1) is 14.9. The van der Waals surface area contributed by atoms with E-state index < -0.39 is 17.7 Å². The van der Waals surface area contributed by atoms with E-state index in [9.17, 15) is 9.59 Å². The van der Waals surface area contributed by atoms with Gasteiger partial charge in [-0.2, -0.15) is 5.10 Å². The van der Waals surface area contributed by atoms with Gasteiger partial charge in [0.1, 0.15) is 18.3 Å². The topological polar surface area (TPSA) is 98.2 Å². The summed E-state index contributed by atoms with van der Waals surface area (Å²) in [6.07, 6.45) is 6.68. The zero-order chi connectivity index (χ0) is 22.8. The van der Waals surface area contributed by atoms with E-state index in [2.05, 4.69) is 44.4 Å². The van der Waals surface area contributed by atoms with E-state index in [4.69, 9.17) is 20.6 Å². The van der Waals surface area contributed by atoms with Crippen LogP contribution in [0.3, 0.4) is 0 Å². The van der Waals surface area contributed by atoms with E-state index in [1.54, 1.807) is 43.5 Å². The number of carbonyl (C=O) groups excluding carboxylic acids is 2. The summed E-state index contributed by atoms with van der Waals surface area (Å²) in [6.45, 7) is 1.61. The van der Waals surface area contributed by atoms with Crippen LogP contribution in [-0.2, 0) is 9.59 Å². The Bertz CT molecular complexity index is 999. The first kappa shape index (κ1) is 24.0. The van der Waals surface area contributed by atoms with Gasteiger partial charge in [0.25, 0.3) is 5.91 Å². The van der Waals surface area contributed by atoms with Crippen LogP contribution in [-0.4, -0.2) is 38.9 Å². The summed E-state index contributed by atoms with van der Waals surface area (Å²) in [5.74, 6) is 2.14. The standard InChI is InChI=1S/C22H22IN3O5/c1-5-10-31-20-18(23)11-15(12-19(20)30-4)13-24-26-22(28)14(2)21(27)25-16-6-8-17(29-3)9-7-16/h1,6-9,11-14H,10H2,2-4H3,(H,25,27)(H,26,28). The van der Waals surface area contributed by atoms with E-state index >= 15 is 0 Å². The fourth-order valence-electron chi connectivity index (χ4n) is 2.38. The zero-order valence-electron chi connectivity index (χ0n) is 17.3. The van der Waals surface area contributed by atoms with Crippen molar-refractivity contribution in [3.63, 3.8) is 0 Å². The van der Waals surface area contributed by atoms with Crippen LogP contribution in [0.25, 0.3) is 0 Å². The number of amides is 2. The number of terminal acetylenes is 1. The molecule has 0 aliphatic carbocycles. The molecule has 2 N–H and O–H groups in total. The Morgan fingerprint density at radius 1 is 1.19 bits per heavy atom. The second-order valence-electron chi connectivity index (χ2n) is 6.20. The molecule has 1 unspecified atom stereocenters. The van der Waals surface area contributed by atoms with Crippen molar-refractivity contribution in [1.82, 2.24) is 5.43 Å². The van der Waals surface area contributed by atoms with Crippen molar-refractivity contribution in [2.45, 2.75) is 6.92 Å². The highest BCUT2D eigenvalue weighted by Gasteiger charge is 2.21. The van der Waals surface area contributed by atoms with Crippen molar-refractivity contribution >= 4 is 46.3 Å². The second kappa shape index (κ2) is 11.8. The number of carbonyl (C=O) groups is 2. The number of nitrogens with zero attached hydrogens (tertiary/aromatic N) is 1. The van der Waals surface area contributed by atoms with Gasteiger partial charge in [0, 0.05) is 5.69 Å². The van der Waals surface area contributed by atoms with Gasteiger partial charge in [-0.3, -0.25) is 9.59 Å². The zero-order valence-corrected chi connectivity index (χ0v) is 19.4. The number of hydrazone groups is 1. The van der Waals surface area contributed by atoms with Crippen LogP contribution in [0.5, 0.6) is 17.2 Å². The van der Waals surface area contributed by atoms with Crippen molar-refractivity contribution in [3.8, 4) is 29.6 Å². The number of hydrogen-bond acceptors (Lipinski definition) is 6. The number of rotatable bonds is 9. The molecule has 0 saturated heterocycles. The maximum Gasteiger partial charge on any atom is 0.252 e. The molecule has 31 heavy (non-hydrogen) atoms. The number of nitrogens with one attached hydrogen (secondary N) is 2. The van der Waals surface area contributed by atoms with E-state index in [0.29, 0.717) is 28.5 Å². The third kappa shape index (κ3) is 6.89. The molecule has 0 saturated carbocycles. The number of benzene rings is 2. The molecule has 0 spiro atoms. The number of methoxy groups -OCH3 is 2. The van der Waals surface area contributed by atoms with Gasteiger partial charge in [-0.05, 0) is 71.5 Å². The minimum absolute atomic E-state index is 0.117. The number of halogens is 1. The molecule has 2 aromatic carbocycles. The minimum Gasteiger partial charge on any atom is -0.497 e. The minimum atomic E-state index is -0.950. The summed E-state index contributed by atoms with van der Waals surface area (Å²) in [5.41, 5.74) is 3.60. The Morgan fingerprint density at radius 3 is 2.52 bits per heavy atom. The number of hydrogen-bond donors (Lipinski definition) is 2. The van der Waals surface area contributed by atoms with Gasteiger partial charge >= 0.3 is 0 Å². The Kier molecular flexibility index (Phi) is 9.14. The molecule has 1 atom stereocenters. The van der Waals surface area contributed by atoms with Crippen molar-refractivity contribution < 1.29 is 23.8 Å². The lowest BCUT2D eigenvalue weighted by molar-refractivity contribution is -0.131. The molecule has 0 radical (unpaired) electrons. The highest BCUT2D eigenvalue weighted by molar-refractivity contribution is 14.1. The van der Waals surface area contributed by atoms with E-state index in [1.807, 2.05) is 0 Å². The van der Waals surface area contributed by atoms with Crippen LogP contribution >= 0.6 is 22.6 Å². The predicted molar refractivity (Wildman–Crippen MR) is 127 cm³/mol. The molecule has 0 aliphatic rings. The summed E-state index contributed by atoms with van der Waals surface area (Å²) >= 11 is 2.09. The van der Waals surface area contributed by atoms with Gasteiger partial charge in [0.2, 0.25) is 5.91 Å². The molecule has 0 bridgehead atoms. The van der Waals surface area contributed by atoms with E-state index in [0.717, 1.165) is 3.57 Å². The molecule has 2 amide bonds. The summed E-state index contributed by atoms with van der Waals surface area (Å²) in [5, 5.41) is 6.60. The first-order valence-corrected chi connectivity index (χ1v) is 10.2. The van der Waals surface area contributed by atoms with Gasteiger partial charge < -0.3 is 19.5 Å². The van der Waals surface area contributed by atoms with Gasteiger partial charge in [-0.1, -0.05) is 5.92 Å². The van der Waals surface area contributed by atoms with Crippen LogP contribution < -0.4 is 25.0 Å². The summed E-state index contributed by atoms with van der Waals surface area (Å²) in [6, 6.07) is 10.3. The average Bonchev–Trinajstić information content (AvgIpc) is 2.77. The third-order valence-corrected chi connectivity index (χ3v) is 4.89. The second-order valence-corrected chi connectivity index (χ2v) is 7.36. The lowest BCUT2D eigenvalue weighted by atomic mass is 10.1. The lowest BCUT2D eigenvalue weighted by Gasteiger charge is -2.12. The van der Waals surface area contributed by atoms with E-state index in [1.165, 1.54) is 20.2 Å². The number of ether oxygens (including phenoxy) is 3. The molecule has 9 heteroatoms. The van der Waals surface area contributed by atoms with E-state index in [-0.39, 0.29) is 6.61 Å². The molecule has 162 valence electrons. The highest BCUT2D eigenvalue weighted by atomic mass is 127. The Hall–Kier alpha value is -3.26. The van der Waals surface area contributed by atoms with Crippen molar-refractivity contribution in [3.05, 3.63) is 45.5 Å². The smallest absolute Gasteiger partial charge is 0.252 e. The molecule has 0 aromatic heterocycles. The quantitative estimate of drug-likeness (QED) is 0.169. The molecule has 0 aliphatic heterocycles. The molecule has 0 heterocycles. The monoisotopic (exact) mass is 535 g/mol. The van der Waals surface area contributed by atoms with Crippen molar-refractivity contribution in [2.24, 2.45) is 11.0 Å². The molecule has 2 aromatic rings. The molecular weight excluding hydrogens is 513 g/mol. The SMILES string of the molecule is C#CCOc1c(I)cc(C=NNC(=O)C(C)C(=O)Nc2ccc(OC)cc2)cc1OC. The normalized spacial score (nSPS) is 11.3. The average molecular weight is 535 g/mol. The molecule has 2 rings (SSSR count). The van der Waals surface area contributed by atoms with Crippen LogP contribution in [0.1, 0.15) is 12.5 Å². The van der Waals surface area contributed by atoms with Crippen LogP contribution in [0.15, 0.2) is 41.5 Å².